The number of hydrogen-bond acceptors (Lipinski definition) is 5. The first-order chi connectivity index (χ1) is 12.7. The summed E-state index contributed by atoms with van der Waals surface area (Å²) in [6.45, 7) is 0.538. The molecule has 0 unspecified atom stereocenters. The van der Waals surface area contributed by atoms with Crippen LogP contribution in [0.3, 0.4) is 0 Å². The molecule has 0 radical (unpaired) electrons. The number of aromatic nitrogens is 3. The van der Waals surface area contributed by atoms with E-state index in [1.807, 2.05) is 30.3 Å². The Morgan fingerprint density at radius 3 is 2.77 bits per heavy atom. The summed E-state index contributed by atoms with van der Waals surface area (Å²) in [4.78, 5) is 23.6. The number of nitrogens with zero attached hydrogens (tertiary/aromatic N) is 3. The van der Waals surface area contributed by atoms with Crippen LogP contribution in [0.15, 0.2) is 76.1 Å². The van der Waals surface area contributed by atoms with E-state index < -0.39 is 5.63 Å². The number of nitrogens with one attached hydrogen (secondary N) is 1. The van der Waals surface area contributed by atoms with Gasteiger partial charge in [0.25, 0.3) is 5.91 Å². The van der Waals surface area contributed by atoms with E-state index in [0.29, 0.717) is 17.8 Å². The molecule has 0 atom stereocenters. The molecule has 128 valence electrons. The van der Waals surface area contributed by atoms with Crippen LogP contribution in [0.2, 0.25) is 0 Å². The van der Waals surface area contributed by atoms with Gasteiger partial charge in [-0.15, -0.1) is 5.10 Å². The fourth-order valence-electron chi connectivity index (χ4n) is 2.59. The van der Waals surface area contributed by atoms with Crippen LogP contribution in [0.4, 0.5) is 5.69 Å². The van der Waals surface area contributed by atoms with E-state index in [9.17, 15) is 9.59 Å². The summed E-state index contributed by atoms with van der Waals surface area (Å²) in [5.41, 5.74) is 1.92. The van der Waals surface area contributed by atoms with Crippen molar-refractivity contribution in [3.63, 3.8) is 0 Å². The molecule has 1 N–H and O–H groups in total. The van der Waals surface area contributed by atoms with E-state index in [1.165, 1.54) is 6.07 Å². The third-order valence-electron chi connectivity index (χ3n) is 3.84. The van der Waals surface area contributed by atoms with Crippen LogP contribution in [0.1, 0.15) is 16.1 Å². The van der Waals surface area contributed by atoms with Gasteiger partial charge in [-0.2, -0.15) is 0 Å². The van der Waals surface area contributed by atoms with Gasteiger partial charge in [-0.1, -0.05) is 35.5 Å². The Morgan fingerprint density at radius 2 is 1.92 bits per heavy atom. The molecule has 0 saturated carbocycles. The molecule has 2 aromatic heterocycles. The summed E-state index contributed by atoms with van der Waals surface area (Å²) in [5, 5.41) is 11.4. The minimum Gasteiger partial charge on any atom is -0.423 e. The van der Waals surface area contributed by atoms with E-state index in [1.54, 1.807) is 35.1 Å². The summed E-state index contributed by atoms with van der Waals surface area (Å²) < 4.78 is 6.68. The highest BCUT2D eigenvalue weighted by Gasteiger charge is 2.12. The predicted molar refractivity (Wildman–Crippen MR) is 96.0 cm³/mol. The molecule has 0 aliphatic heterocycles. The lowest BCUT2D eigenvalue weighted by Gasteiger charge is -2.04. The molecule has 4 rings (SSSR count). The van der Waals surface area contributed by atoms with Crippen molar-refractivity contribution in [3.05, 3.63) is 88.5 Å². The molecule has 2 heterocycles. The number of benzene rings is 2. The fraction of sp³-hybridized carbons (Fsp3) is 0.0526. The Bertz CT molecular complexity index is 1130. The first-order valence-electron chi connectivity index (χ1n) is 7.97. The van der Waals surface area contributed by atoms with Gasteiger partial charge in [0.05, 0.1) is 12.7 Å². The third kappa shape index (κ3) is 3.36. The molecule has 0 bridgehead atoms. The highest BCUT2D eigenvalue weighted by molar-refractivity contribution is 6.03. The number of rotatable bonds is 4. The molecular formula is C19H14N4O3. The first kappa shape index (κ1) is 15.8. The van der Waals surface area contributed by atoms with Gasteiger partial charge in [0.2, 0.25) is 0 Å². The van der Waals surface area contributed by atoms with Gasteiger partial charge in [0, 0.05) is 17.1 Å². The fourth-order valence-corrected chi connectivity index (χ4v) is 2.59. The van der Waals surface area contributed by atoms with Gasteiger partial charge in [-0.3, -0.25) is 4.79 Å². The SMILES string of the molecule is O=C(Nc1ccc2oc(=O)ccc2c1)c1cn(Cc2ccccc2)nn1. The Balaban J connectivity index is 1.50. The quantitative estimate of drug-likeness (QED) is 0.574. The summed E-state index contributed by atoms with van der Waals surface area (Å²) in [7, 11) is 0. The maximum atomic E-state index is 12.4. The topological polar surface area (TPSA) is 90.0 Å². The molecule has 1 amide bonds. The van der Waals surface area contributed by atoms with E-state index in [2.05, 4.69) is 15.6 Å². The first-order valence-corrected chi connectivity index (χ1v) is 7.97. The lowest BCUT2D eigenvalue weighted by molar-refractivity contribution is 0.102. The van der Waals surface area contributed by atoms with E-state index in [0.717, 1.165) is 10.9 Å². The second-order valence-electron chi connectivity index (χ2n) is 5.75. The molecule has 0 spiro atoms. The number of carbonyl (C=O) groups excluding carboxylic acids is 1. The maximum absolute atomic E-state index is 12.4. The van der Waals surface area contributed by atoms with E-state index >= 15 is 0 Å². The van der Waals surface area contributed by atoms with Gasteiger partial charge in [0.15, 0.2) is 5.69 Å². The normalized spacial score (nSPS) is 10.8. The average molecular weight is 346 g/mol. The van der Waals surface area contributed by atoms with Crippen molar-refractivity contribution < 1.29 is 9.21 Å². The van der Waals surface area contributed by atoms with Crippen molar-refractivity contribution in [2.24, 2.45) is 0 Å². The monoisotopic (exact) mass is 346 g/mol. The second kappa shape index (κ2) is 6.64. The smallest absolute Gasteiger partial charge is 0.336 e. The van der Waals surface area contributed by atoms with Gasteiger partial charge in [0.1, 0.15) is 5.58 Å². The number of fused-ring (bicyclic) bond motifs is 1. The highest BCUT2D eigenvalue weighted by atomic mass is 16.4. The average Bonchev–Trinajstić information content (AvgIpc) is 3.11. The minimum absolute atomic E-state index is 0.223. The van der Waals surface area contributed by atoms with Crippen molar-refractivity contribution in [2.75, 3.05) is 5.32 Å². The molecule has 7 heteroatoms. The van der Waals surface area contributed by atoms with Gasteiger partial charge >= 0.3 is 5.63 Å². The lowest BCUT2D eigenvalue weighted by atomic mass is 10.2. The third-order valence-corrected chi connectivity index (χ3v) is 3.84. The van der Waals surface area contributed by atoms with Gasteiger partial charge in [-0.05, 0) is 29.8 Å². The summed E-state index contributed by atoms with van der Waals surface area (Å²) in [6.07, 6.45) is 1.60. The molecule has 2 aromatic carbocycles. The van der Waals surface area contributed by atoms with Crippen LogP contribution >= 0.6 is 0 Å². The molecule has 4 aromatic rings. The van der Waals surface area contributed by atoms with Crippen molar-refractivity contribution in [1.29, 1.82) is 0 Å². The van der Waals surface area contributed by atoms with Crippen LogP contribution in [-0.4, -0.2) is 20.9 Å². The molecule has 26 heavy (non-hydrogen) atoms. The zero-order valence-electron chi connectivity index (χ0n) is 13.6. The Hall–Kier alpha value is -3.74. The molecule has 0 aliphatic rings. The van der Waals surface area contributed by atoms with E-state index in [-0.39, 0.29) is 11.6 Å². The molecule has 7 nitrogen and oxygen atoms in total. The Kier molecular flexibility index (Phi) is 4.03. The molecule has 0 fully saturated rings. The maximum Gasteiger partial charge on any atom is 0.336 e. The molecule has 0 saturated heterocycles. The van der Waals surface area contributed by atoms with Gasteiger partial charge in [-0.25, -0.2) is 9.48 Å². The van der Waals surface area contributed by atoms with Gasteiger partial charge < -0.3 is 9.73 Å². The van der Waals surface area contributed by atoms with Crippen LogP contribution in [0.25, 0.3) is 11.0 Å². The molecular weight excluding hydrogens is 332 g/mol. The van der Waals surface area contributed by atoms with Crippen molar-refractivity contribution in [2.45, 2.75) is 6.54 Å². The lowest BCUT2D eigenvalue weighted by Crippen LogP contribution is -2.12. The van der Waals surface area contributed by atoms with Crippen molar-refractivity contribution in [3.8, 4) is 0 Å². The van der Waals surface area contributed by atoms with Crippen molar-refractivity contribution in [1.82, 2.24) is 15.0 Å². The van der Waals surface area contributed by atoms with Crippen LogP contribution in [-0.2, 0) is 6.54 Å². The standard InChI is InChI=1S/C19H14N4O3/c24-18-9-6-14-10-15(7-8-17(14)26-18)20-19(25)16-12-23(22-21-16)11-13-4-2-1-3-5-13/h1-10,12H,11H2,(H,20,25). The largest absolute Gasteiger partial charge is 0.423 e. The van der Waals surface area contributed by atoms with Crippen LogP contribution in [0, 0.1) is 0 Å². The van der Waals surface area contributed by atoms with E-state index in [4.69, 9.17) is 4.42 Å². The Morgan fingerprint density at radius 1 is 1.08 bits per heavy atom. The predicted octanol–water partition coefficient (Wildman–Crippen LogP) is 2.69. The highest BCUT2D eigenvalue weighted by Crippen LogP contribution is 2.18. The summed E-state index contributed by atoms with van der Waals surface area (Å²) in [6, 6.07) is 17.8. The number of carbonyl (C=O) groups is 1. The zero-order chi connectivity index (χ0) is 17.9. The number of anilines is 1. The minimum atomic E-state index is -0.413. The van der Waals surface area contributed by atoms with Crippen LogP contribution in [0.5, 0.6) is 0 Å². The Labute approximate surface area is 147 Å². The number of hydrogen-bond donors (Lipinski definition) is 1. The summed E-state index contributed by atoms with van der Waals surface area (Å²) >= 11 is 0. The van der Waals surface area contributed by atoms with Crippen molar-refractivity contribution >= 4 is 22.6 Å². The summed E-state index contributed by atoms with van der Waals surface area (Å²) in [5.74, 6) is -0.360. The second-order valence-corrected chi connectivity index (χ2v) is 5.75. The zero-order valence-corrected chi connectivity index (χ0v) is 13.6. The number of amides is 1. The molecule has 0 aliphatic carbocycles. The van der Waals surface area contributed by atoms with Crippen LogP contribution < -0.4 is 10.9 Å².